The van der Waals surface area contributed by atoms with Crippen LogP contribution < -0.4 is 0 Å². The third-order valence-electron chi connectivity index (χ3n) is 1.08. The first-order chi connectivity index (χ1) is 4.35. The molecule has 2 nitrogen and oxygen atoms in total. The molecule has 0 radical (unpaired) electrons. The van der Waals surface area contributed by atoms with Gasteiger partial charge in [0.05, 0.1) is 6.54 Å². The van der Waals surface area contributed by atoms with Gasteiger partial charge in [-0.1, -0.05) is 13.5 Å². The number of carbonyl (C=O) groups is 1. The number of carbonyl (C=O) groups excluding carboxylic acids is 1. The van der Waals surface area contributed by atoms with Crippen LogP contribution >= 0.6 is 0 Å². The summed E-state index contributed by atoms with van der Waals surface area (Å²) in [6.45, 7) is 7.02. The molecule has 0 N–H and O–H groups in total. The van der Waals surface area contributed by atoms with E-state index in [0.29, 0.717) is 6.54 Å². The van der Waals surface area contributed by atoms with Gasteiger partial charge in [0.1, 0.15) is 6.29 Å². The van der Waals surface area contributed by atoms with E-state index in [1.54, 1.807) is 6.20 Å². The molecule has 0 heterocycles. The van der Waals surface area contributed by atoms with E-state index in [4.69, 9.17) is 0 Å². The first-order valence-corrected chi connectivity index (χ1v) is 3.15. The van der Waals surface area contributed by atoms with Gasteiger partial charge in [-0.05, 0) is 12.6 Å². The standard InChI is InChI=1S/C7H13NO/c1-3-5-8(4-2)6-7-9/h4,7H,2-3,5-6H2,1H3. The monoisotopic (exact) mass is 127 g/mol. The van der Waals surface area contributed by atoms with Crippen molar-refractivity contribution in [1.29, 1.82) is 0 Å². The Balaban J connectivity index is 3.40. The number of hydrogen-bond acceptors (Lipinski definition) is 2. The van der Waals surface area contributed by atoms with Crippen molar-refractivity contribution in [3.8, 4) is 0 Å². The van der Waals surface area contributed by atoms with E-state index in [9.17, 15) is 4.79 Å². The summed E-state index contributed by atoms with van der Waals surface area (Å²) in [5.74, 6) is 0. The second-order valence-electron chi connectivity index (χ2n) is 1.84. The molecular formula is C7H13NO. The van der Waals surface area contributed by atoms with Gasteiger partial charge >= 0.3 is 0 Å². The Kier molecular flexibility index (Phi) is 4.88. The molecule has 0 aliphatic carbocycles. The van der Waals surface area contributed by atoms with Crippen molar-refractivity contribution in [2.24, 2.45) is 0 Å². The van der Waals surface area contributed by atoms with Crippen LogP contribution in [0.1, 0.15) is 13.3 Å². The van der Waals surface area contributed by atoms with Gasteiger partial charge < -0.3 is 9.69 Å². The predicted molar refractivity (Wildman–Crippen MR) is 38.1 cm³/mol. The lowest BCUT2D eigenvalue weighted by atomic mass is 10.4. The summed E-state index contributed by atoms with van der Waals surface area (Å²) < 4.78 is 0. The fourth-order valence-corrected chi connectivity index (χ4v) is 0.640. The van der Waals surface area contributed by atoms with Crippen LogP contribution in [0.4, 0.5) is 0 Å². The van der Waals surface area contributed by atoms with Crippen LogP contribution in [0.15, 0.2) is 12.8 Å². The van der Waals surface area contributed by atoms with Crippen LogP contribution in [-0.2, 0) is 4.79 Å². The molecule has 0 aromatic heterocycles. The molecule has 0 aliphatic rings. The molecule has 0 aliphatic heterocycles. The summed E-state index contributed by atoms with van der Waals surface area (Å²) in [6.07, 6.45) is 3.63. The molecule has 52 valence electrons. The molecule has 0 unspecified atom stereocenters. The summed E-state index contributed by atoms with van der Waals surface area (Å²) in [6, 6.07) is 0. The summed E-state index contributed by atoms with van der Waals surface area (Å²) >= 11 is 0. The van der Waals surface area contributed by atoms with Crippen LogP contribution in [0.3, 0.4) is 0 Å². The molecule has 0 amide bonds. The number of rotatable bonds is 5. The van der Waals surface area contributed by atoms with E-state index in [2.05, 4.69) is 13.5 Å². The maximum absolute atomic E-state index is 9.96. The van der Waals surface area contributed by atoms with Crippen LogP contribution in [0.25, 0.3) is 0 Å². The van der Waals surface area contributed by atoms with E-state index in [0.717, 1.165) is 19.3 Å². The second kappa shape index (κ2) is 5.35. The lowest BCUT2D eigenvalue weighted by Crippen LogP contribution is -2.19. The third kappa shape index (κ3) is 3.76. The summed E-state index contributed by atoms with van der Waals surface area (Å²) in [5.41, 5.74) is 0. The molecule has 0 aromatic carbocycles. The maximum Gasteiger partial charge on any atom is 0.139 e. The van der Waals surface area contributed by atoms with Gasteiger partial charge in [0.2, 0.25) is 0 Å². The Morgan fingerprint density at radius 3 is 2.67 bits per heavy atom. The molecule has 9 heavy (non-hydrogen) atoms. The minimum atomic E-state index is 0.470. The Hall–Kier alpha value is -0.790. The quantitative estimate of drug-likeness (QED) is 0.514. The van der Waals surface area contributed by atoms with Crippen molar-refractivity contribution >= 4 is 6.29 Å². The van der Waals surface area contributed by atoms with Gasteiger partial charge in [-0.2, -0.15) is 0 Å². The molecule has 0 spiro atoms. The highest BCUT2D eigenvalue weighted by Crippen LogP contribution is 1.87. The first kappa shape index (κ1) is 8.21. The van der Waals surface area contributed by atoms with Crippen LogP contribution in [0, 0.1) is 0 Å². The SMILES string of the molecule is C=CN(CC=O)CCC. The van der Waals surface area contributed by atoms with Gasteiger partial charge in [-0.25, -0.2) is 0 Å². The van der Waals surface area contributed by atoms with E-state index >= 15 is 0 Å². The maximum atomic E-state index is 9.96. The lowest BCUT2D eigenvalue weighted by molar-refractivity contribution is -0.108. The fraction of sp³-hybridized carbons (Fsp3) is 0.571. The molecule has 0 atom stereocenters. The van der Waals surface area contributed by atoms with Crippen molar-refractivity contribution < 1.29 is 4.79 Å². The molecule has 0 aromatic rings. The second-order valence-corrected chi connectivity index (χ2v) is 1.84. The third-order valence-corrected chi connectivity index (χ3v) is 1.08. The smallest absolute Gasteiger partial charge is 0.139 e. The Labute approximate surface area is 56.2 Å². The fourth-order valence-electron chi connectivity index (χ4n) is 0.640. The van der Waals surface area contributed by atoms with Gasteiger partial charge in [0.15, 0.2) is 0 Å². The van der Waals surface area contributed by atoms with Crippen molar-refractivity contribution in [2.75, 3.05) is 13.1 Å². The van der Waals surface area contributed by atoms with Crippen molar-refractivity contribution in [3.63, 3.8) is 0 Å². The lowest BCUT2D eigenvalue weighted by Gasteiger charge is -2.14. The van der Waals surface area contributed by atoms with E-state index in [1.165, 1.54) is 0 Å². The number of nitrogens with zero attached hydrogens (tertiary/aromatic N) is 1. The van der Waals surface area contributed by atoms with E-state index < -0.39 is 0 Å². The average molecular weight is 127 g/mol. The van der Waals surface area contributed by atoms with Crippen molar-refractivity contribution in [2.45, 2.75) is 13.3 Å². The van der Waals surface area contributed by atoms with Gasteiger partial charge in [-0.15, -0.1) is 0 Å². The van der Waals surface area contributed by atoms with Crippen molar-refractivity contribution in [3.05, 3.63) is 12.8 Å². The van der Waals surface area contributed by atoms with E-state index in [1.807, 2.05) is 4.90 Å². The number of aldehydes is 1. The van der Waals surface area contributed by atoms with E-state index in [-0.39, 0.29) is 0 Å². The molecule has 0 bridgehead atoms. The normalized spacial score (nSPS) is 8.56. The topological polar surface area (TPSA) is 20.3 Å². The Morgan fingerprint density at radius 2 is 2.33 bits per heavy atom. The first-order valence-electron chi connectivity index (χ1n) is 3.15. The largest absolute Gasteiger partial charge is 0.371 e. The predicted octanol–water partition coefficient (Wildman–Crippen LogP) is 1.04. The highest BCUT2D eigenvalue weighted by Gasteiger charge is 1.91. The highest BCUT2D eigenvalue weighted by molar-refractivity contribution is 5.52. The minimum Gasteiger partial charge on any atom is -0.371 e. The molecule has 0 fully saturated rings. The minimum absolute atomic E-state index is 0.470. The van der Waals surface area contributed by atoms with Crippen LogP contribution in [0.2, 0.25) is 0 Å². The Morgan fingerprint density at radius 1 is 1.67 bits per heavy atom. The molecule has 2 heteroatoms. The molecule has 0 saturated heterocycles. The van der Waals surface area contributed by atoms with Gasteiger partial charge in [-0.3, -0.25) is 0 Å². The Bertz CT molecular complexity index is 90.9. The van der Waals surface area contributed by atoms with Gasteiger partial charge in [0.25, 0.3) is 0 Å². The molecule has 0 rings (SSSR count). The van der Waals surface area contributed by atoms with Crippen molar-refractivity contribution in [1.82, 2.24) is 4.90 Å². The molecular weight excluding hydrogens is 114 g/mol. The van der Waals surface area contributed by atoms with Crippen LogP contribution in [0.5, 0.6) is 0 Å². The van der Waals surface area contributed by atoms with Gasteiger partial charge in [0, 0.05) is 6.54 Å². The zero-order valence-corrected chi connectivity index (χ0v) is 5.84. The summed E-state index contributed by atoms with van der Waals surface area (Å²) in [4.78, 5) is 11.8. The zero-order valence-electron chi connectivity index (χ0n) is 5.84. The van der Waals surface area contributed by atoms with Crippen LogP contribution in [-0.4, -0.2) is 24.3 Å². The zero-order chi connectivity index (χ0) is 7.11. The molecule has 0 saturated carbocycles. The summed E-state index contributed by atoms with van der Waals surface area (Å²) in [7, 11) is 0. The number of hydrogen-bond donors (Lipinski definition) is 0. The highest BCUT2D eigenvalue weighted by atomic mass is 16.1. The summed E-state index contributed by atoms with van der Waals surface area (Å²) in [5, 5.41) is 0. The average Bonchev–Trinajstić information content (AvgIpc) is 1.88.